The van der Waals surface area contributed by atoms with E-state index in [2.05, 4.69) is 145 Å². The minimum Gasteiger partial charge on any atom is -0.307 e. The number of hydrogen-bond acceptors (Lipinski definition) is 0. The number of fused-ring (bicyclic) bond motifs is 7. The second-order valence-electron chi connectivity index (χ2n) is 10.7. The monoisotopic (exact) mass is 464 g/mol. The summed E-state index contributed by atoms with van der Waals surface area (Å²) in [7, 11) is 0. The lowest BCUT2D eigenvalue weighted by molar-refractivity contribution is 0.590. The molecule has 7 aromatic rings. The second kappa shape index (κ2) is 7.60. The summed E-state index contributed by atoms with van der Waals surface area (Å²) in [6.07, 6.45) is 0. The van der Waals surface area contributed by atoms with Gasteiger partial charge in [-0.25, -0.2) is 0 Å². The molecule has 5 aromatic carbocycles. The molecule has 2 heterocycles. The fraction of sp³-hybridized carbons (Fsp3) is 0.118. The van der Waals surface area contributed by atoms with Crippen molar-refractivity contribution in [1.82, 2.24) is 9.13 Å². The average Bonchev–Trinajstić information content (AvgIpc) is 3.42. The highest BCUT2D eigenvalue weighted by atomic mass is 15.0. The summed E-state index contributed by atoms with van der Waals surface area (Å²) in [6, 6.07) is 42.0. The molecule has 0 N–H and O–H groups in total. The molecule has 174 valence electrons. The first-order valence-electron chi connectivity index (χ1n) is 12.6. The molecule has 0 spiro atoms. The van der Waals surface area contributed by atoms with Crippen molar-refractivity contribution in [1.29, 1.82) is 0 Å². The van der Waals surface area contributed by atoms with Crippen LogP contribution >= 0.6 is 0 Å². The zero-order valence-electron chi connectivity index (χ0n) is 20.9. The quantitative estimate of drug-likeness (QED) is 0.241. The maximum atomic E-state index is 2.46. The van der Waals surface area contributed by atoms with E-state index in [0.29, 0.717) is 0 Å². The van der Waals surface area contributed by atoms with Crippen molar-refractivity contribution in [2.24, 2.45) is 0 Å². The molecule has 0 aliphatic carbocycles. The van der Waals surface area contributed by atoms with E-state index in [9.17, 15) is 0 Å². The first kappa shape index (κ1) is 21.0. The molecular formula is C34H28N2. The Morgan fingerprint density at radius 3 is 1.36 bits per heavy atom. The molecule has 0 saturated carbocycles. The van der Waals surface area contributed by atoms with E-state index < -0.39 is 0 Å². The van der Waals surface area contributed by atoms with E-state index in [-0.39, 0.29) is 5.41 Å². The van der Waals surface area contributed by atoms with Crippen LogP contribution < -0.4 is 0 Å². The molecule has 0 aliphatic rings. The van der Waals surface area contributed by atoms with Gasteiger partial charge in [0.25, 0.3) is 0 Å². The van der Waals surface area contributed by atoms with Crippen molar-refractivity contribution >= 4 is 43.6 Å². The predicted octanol–water partition coefficient (Wildman–Crippen LogP) is 9.18. The summed E-state index contributed by atoms with van der Waals surface area (Å²) < 4.78 is 4.89. The average molecular weight is 465 g/mol. The van der Waals surface area contributed by atoms with Crippen LogP contribution in [0.5, 0.6) is 0 Å². The van der Waals surface area contributed by atoms with Crippen LogP contribution in [0.3, 0.4) is 0 Å². The minimum absolute atomic E-state index is 0.117. The fourth-order valence-electron chi connectivity index (χ4n) is 5.72. The van der Waals surface area contributed by atoms with E-state index >= 15 is 0 Å². The van der Waals surface area contributed by atoms with Gasteiger partial charge in [-0.1, -0.05) is 99.6 Å². The number of nitrogens with zero attached hydrogens (tertiary/aromatic N) is 2. The van der Waals surface area contributed by atoms with E-state index in [1.54, 1.807) is 0 Å². The summed E-state index contributed by atoms with van der Waals surface area (Å²) in [5.74, 6) is 0. The van der Waals surface area contributed by atoms with E-state index in [0.717, 1.165) is 0 Å². The van der Waals surface area contributed by atoms with Gasteiger partial charge in [-0.15, -0.1) is 0 Å². The Labute approximate surface area is 211 Å². The first-order valence-corrected chi connectivity index (χ1v) is 12.6. The predicted molar refractivity (Wildman–Crippen MR) is 154 cm³/mol. The lowest BCUT2D eigenvalue weighted by Gasteiger charge is -2.19. The fourth-order valence-corrected chi connectivity index (χ4v) is 5.72. The molecule has 0 fully saturated rings. The Morgan fingerprint density at radius 1 is 0.417 bits per heavy atom. The van der Waals surface area contributed by atoms with Gasteiger partial charge >= 0.3 is 0 Å². The maximum Gasteiger partial charge on any atom is 0.0788 e. The van der Waals surface area contributed by atoms with Crippen LogP contribution in [0.15, 0.2) is 115 Å². The van der Waals surface area contributed by atoms with E-state index in [4.69, 9.17) is 0 Å². The molecule has 0 unspecified atom stereocenters. The smallest absolute Gasteiger partial charge is 0.0788 e. The maximum absolute atomic E-state index is 2.46. The molecule has 0 amide bonds. The second-order valence-corrected chi connectivity index (χ2v) is 10.7. The van der Waals surface area contributed by atoms with Gasteiger partial charge in [-0.3, -0.25) is 0 Å². The Hall–Kier alpha value is -4.30. The highest BCUT2D eigenvalue weighted by Crippen LogP contribution is 2.41. The molecule has 2 aromatic heterocycles. The summed E-state index contributed by atoms with van der Waals surface area (Å²) in [5.41, 5.74) is 8.78. The number of benzene rings is 5. The topological polar surface area (TPSA) is 9.86 Å². The number of rotatable bonds is 2. The third-order valence-corrected chi connectivity index (χ3v) is 7.47. The Balaban J connectivity index is 1.70. The van der Waals surface area contributed by atoms with Crippen molar-refractivity contribution < 1.29 is 0 Å². The zero-order chi connectivity index (χ0) is 24.4. The number of aromatic nitrogens is 2. The van der Waals surface area contributed by atoms with E-state index in [1.807, 2.05) is 0 Å². The van der Waals surface area contributed by atoms with Gasteiger partial charge in [0.1, 0.15) is 0 Å². The minimum atomic E-state index is 0.117. The van der Waals surface area contributed by atoms with Crippen LogP contribution in [0.4, 0.5) is 0 Å². The SMILES string of the molecule is CC(C)(C)c1ccc(-n2c3ccccc3c3ccc4c5ccccc5n(-c5ccccc5)c4c32)cc1. The van der Waals surface area contributed by atoms with Crippen LogP contribution in [0.25, 0.3) is 55.0 Å². The lowest BCUT2D eigenvalue weighted by atomic mass is 9.87. The van der Waals surface area contributed by atoms with Crippen LogP contribution in [0.2, 0.25) is 0 Å². The van der Waals surface area contributed by atoms with Gasteiger partial charge in [-0.05, 0) is 47.4 Å². The molecule has 2 nitrogen and oxygen atoms in total. The van der Waals surface area contributed by atoms with Gasteiger partial charge in [-0.2, -0.15) is 0 Å². The van der Waals surface area contributed by atoms with Gasteiger partial charge in [0, 0.05) is 32.9 Å². The summed E-state index contributed by atoms with van der Waals surface area (Å²) in [4.78, 5) is 0. The molecule has 0 bridgehead atoms. The molecule has 0 atom stereocenters. The van der Waals surface area contributed by atoms with Gasteiger partial charge in [0.2, 0.25) is 0 Å². The van der Waals surface area contributed by atoms with Crippen LogP contribution in [-0.4, -0.2) is 9.13 Å². The molecule has 0 aliphatic heterocycles. The summed E-state index contributed by atoms with van der Waals surface area (Å²) in [5, 5.41) is 5.10. The molecular weight excluding hydrogens is 436 g/mol. The highest BCUT2D eigenvalue weighted by molar-refractivity contribution is 6.23. The number of hydrogen-bond donors (Lipinski definition) is 0. The molecule has 7 rings (SSSR count). The van der Waals surface area contributed by atoms with Crippen LogP contribution in [0, 0.1) is 0 Å². The third kappa shape index (κ3) is 2.97. The van der Waals surface area contributed by atoms with Crippen molar-refractivity contribution in [3.05, 3.63) is 121 Å². The standard InChI is InChI=1S/C34H28N2/c1-34(2,3)23-17-19-25(20-18-23)36-31-16-10-8-14-27(31)29-22-21-28-26-13-7-9-15-30(26)35(32(28)33(29)36)24-11-5-4-6-12-24/h4-22H,1-3H3. The van der Waals surface area contributed by atoms with Crippen molar-refractivity contribution in [2.45, 2.75) is 26.2 Å². The Morgan fingerprint density at radius 2 is 0.861 bits per heavy atom. The first-order chi connectivity index (χ1) is 17.5. The third-order valence-electron chi connectivity index (χ3n) is 7.47. The van der Waals surface area contributed by atoms with Crippen molar-refractivity contribution in [3.63, 3.8) is 0 Å². The molecule has 36 heavy (non-hydrogen) atoms. The summed E-state index contributed by atoms with van der Waals surface area (Å²) >= 11 is 0. The van der Waals surface area contributed by atoms with Gasteiger partial charge in [0.15, 0.2) is 0 Å². The molecule has 2 heteroatoms. The normalized spacial score (nSPS) is 12.3. The molecule has 0 saturated heterocycles. The molecule has 0 radical (unpaired) electrons. The Bertz CT molecular complexity index is 1890. The largest absolute Gasteiger partial charge is 0.307 e. The zero-order valence-corrected chi connectivity index (χ0v) is 20.9. The van der Waals surface area contributed by atoms with Crippen LogP contribution in [0.1, 0.15) is 26.3 Å². The summed E-state index contributed by atoms with van der Waals surface area (Å²) in [6.45, 7) is 6.80. The Kier molecular flexibility index (Phi) is 4.44. The van der Waals surface area contributed by atoms with E-state index in [1.165, 1.54) is 60.5 Å². The van der Waals surface area contributed by atoms with Crippen LogP contribution in [-0.2, 0) is 5.41 Å². The van der Waals surface area contributed by atoms with Gasteiger partial charge in [0.05, 0.1) is 22.1 Å². The van der Waals surface area contributed by atoms with Crippen molar-refractivity contribution in [2.75, 3.05) is 0 Å². The van der Waals surface area contributed by atoms with Crippen molar-refractivity contribution in [3.8, 4) is 11.4 Å². The lowest BCUT2D eigenvalue weighted by Crippen LogP contribution is -2.10. The van der Waals surface area contributed by atoms with Gasteiger partial charge < -0.3 is 9.13 Å². The number of para-hydroxylation sites is 3. The highest BCUT2D eigenvalue weighted by Gasteiger charge is 2.21.